The zero-order chi connectivity index (χ0) is 27.1. The normalized spacial score (nSPS) is 15.8. The average Bonchev–Trinajstić information content (AvgIpc) is 3.35. The minimum atomic E-state index is -4.88. The van der Waals surface area contributed by atoms with Crippen LogP contribution in [0.4, 0.5) is 17.6 Å². The van der Waals surface area contributed by atoms with Gasteiger partial charge in [-0.1, -0.05) is 96.5 Å². The molecule has 0 spiro atoms. The van der Waals surface area contributed by atoms with Gasteiger partial charge in [0.1, 0.15) is 11.9 Å². The Kier molecular flexibility index (Phi) is 14.0. The second-order valence-electron chi connectivity index (χ2n) is 10.1. The molecule has 0 saturated carbocycles. The van der Waals surface area contributed by atoms with Gasteiger partial charge in [0.15, 0.2) is 0 Å². The van der Waals surface area contributed by atoms with Crippen molar-refractivity contribution in [3.05, 3.63) is 35.1 Å². The van der Waals surface area contributed by atoms with Gasteiger partial charge in [0.2, 0.25) is 0 Å². The largest absolute Gasteiger partial charge is 0.464 e. The summed E-state index contributed by atoms with van der Waals surface area (Å²) >= 11 is 0. The van der Waals surface area contributed by atoms with Crippen LogP contribution in [-0.2, 0) is 15.7 Å². The van der Waals surface area contributed by atoms with Crippen LogP contribution in [0.2, 0.25) is 0 Å². The van der Waals surface area contributed by atoms with Crippen LogP contribution in [-0.4, -0.2) is 36.0 Å². The van der Waals surface area contributed by atoms with E-state index in [0.29, 0.717) is 25.3 Å². The molecule has 2 rings (SSSR count). The molecule has 1 aliphatic rings. The Morgan fingerprint density at radius 1 is 0.892 bits per heavy atom. The number of hydrogen-bond donors (Lipinski definition) is 0. The first-order chi connectivity index (χ1) is 17.8. The van der Waals surface area contributed by atoms with Crippen LogP contribution in [0.25, 0.3) is 0 Å². The fraction of sp³-hybridized carbons (Fsp3) is 0.724. The van der Waals surface area contributed by atoms with Gasteiger partial charge in [0.05, 0.1) is 17.7 Å². The van der Waals surface area contributed by atoms with E-state index in [9.17, 15) is 27.2 Å². The van der Waals surface area contributed by atoms with Gasteiger partial charge in [-0.05, 0) is 31.4 Å². The summed E-state index contributed by atoms with van der Waals surface area (Å²) in [5, 5.41) is 0. The van der Waals surface area contributed by atoms with Crippen molar-refractivity contribution in [1.29, 1.82) is 0 Å². The third kappa shape index (κ3) is 10.6. The van der Waals surface area contributed by atoms with Crippen LogP contribution >= 0.6 is 0 Å². The Labute approximate surface area is 219 Å². The summed E-state index contributed by atoms with van der Waals surface area (Å²) < 4.78 is 59.6. The summed E-state index contributed by atoms with van der Waals surface area (Å²) in [5.74, 6) is -3.01. The predicted octanol–water partition coefficient (Wildman–Crippen LogP) is 8.47. The first kappa shape index (κ1) is 31.1. The standard InChI is InChI=1S/C29H43F4NO3/c1-2-3-4-5-6-7-8-9-10-11-12-13-14-15-22-37-28(36)25-20-17-21-34(25)27(35)26-23(29(31,32)33)18-16-19-24(26)30/h16,18-19,25H,2-15,17,20-22H2,1H3. The molecule has 0 bridgehead atoms. The van der Waals surface area contributed by atoms with Crippen LogP contribution in [0.5, 0.6) is 0 Å². The number of esters is 1. The molecule has 1 aliphatic heterocycles. The predicted molar refractivity (Wildman–Crippen MR) is 137 cm³/mol. The van der Waals surface area contributed by atoms with Crippen molar-refractivity contribution in [3.63, 3.8) is 0 Å². The van der Waals surface area contributed by atoms with Crippen molar-refractivity contribution in [2.75, 3.05) is 13.2 Å². The molecule has 1 heterocycles. The molecule has 1 atom stereocenters. The summed E-state index contributed by atoms with van der Waals surface area (Å²) in [4.78, 5) is 26.4. The summed E-state index contributed by atoms with van der Waals surface area (Å²) in [5.41, 5.74) is -2.37. The van der Waals surface area contributed by atoms with Crippen molar-refractivity contribution in [2.24, 2.45) is 0 Å². The number of benzene rings is 1. The van der Waals surface area contributed by atoms with E-state index in [1.165, 1.54) is 64.2 Å². The smallest absolute Gasteiger partial charge is 0.417 e. The molecule has 1 fully saturated rings. The number of carbonyl (C=O) groups is 2. The van der Waals surface area contributed by atoms with Crippen LogP contribution in [0.1, 0.15) is 126 Å². The lowest BCUT2D eigenvalue weighted by Crippen LogP contribution is -2.42. The highest BCUT2D eigenvalue weighted by Crippen LogP contribution is 2.34. The summed E-state index contributed by atoms with van der Waals surface area (Å²) in [6, 6.07) is 1.43. The van der Waals surface area contributed by atoms with E-state index >= 15 is 0 Å². The Morgan fingerprint density at radius 2 is 1.43 bits per heavy atom. The van der Waals surface area contributed by atoms with Crippen LogP contribution in [0, 0.1) is 5.82 Å². The van der Waals surface area contributed by atoms with Crippen LogP contribution < -0.4 is 0 Å². The second-order valence-corrected chi connectivity index (χ2v) is 10.1. The molecule has 0 aromatic heterocycles. The molecule has 0 aliphatic carbocycles. The highest BCUT2D eigenvalue weighted by atomic mass is 19.4. The number of hydrogen-bond acceptors (Lipinski definition) is 3. The van der Waals surface area contributed by atoms with Gasteiger partial charge in [-0.3, -0.25) is 4.79 Å². The Hall–Kier alpha value is -2.12. The highest BCUT2D eigenvalue weighted by Gasteiger charge is 2.42. The van der Waals surface area contributed by atoms with Gasteiger partial charge in [-0.2, -0.15) is 13.2 Å². The molecule has 1 aromatic rings. The van der Waals surface area contributed by atoms with Gasteiger partial charge in [-0.25, -0.2) is 9.18 Å². The number of likely N-dealkylation sites (tertiary alicyclic amines) is 1. The minimum absolute atomic E-state index is 0.0864. The van der Waals surface area contributed by atoms with Crippen molar-refractivity contribution in [1.82, 2.24) is 4.90 Å². The average molecular weight is 530 g/mol. The van der Waals surface area contributed by atoms with Gasteiger partial charge < -0.3 is 9.64 Å². The monoisotopic (exact) mass is 529 g/mol. The Morgan fingerprint density at radius 3 is 1.97 bits per heavy atom. The third-order valence-corrected chi connectivity index (χ3v) is 7.06. The number of halogens is 4. The maximum Gasteiger partial charge on any atom is 0.417 e. The third-order valence-electron chi connectivity index (χ3n) is 7.06. The van der Waals surface area contributed by atoms with Gasteiger partial charge >= 0.3 is 12.1 Å². The van der Waals surface area contributed by atoms with Crippen molar-refractivity contribution >= 4 is 11.9 Å². The number of ether oxygens (including phenoxy) is 1. The molecule has 210 valence electrons. The molecule has 0 N–H and O–H groups in total. The molecule has 1 amide bonds. The second kappa shape index (κ2) is 16.7. The number of rotatable bonds is 17. The Balaban J connectivity index is 1.63. The molecular weight excluding hydrogens is 486 g/mol. The number of alkyl halides is 3. The van der Waals surface area contributed by atoms with E-state index in [4.69, 9.17) is 4.74 Å². The van der Waals surface area contributed by atoms with Gasteiger partial charge in [-0.15, -0.1) is 0 Å². The highest BCUT2D eigenvalue weighted by molar-refractivity contribution is 5.98. The summed E-state index contributed by atoms with van der Waals surface area (Å²) in [6.07, 6.45) is 12.8. The number of amides is 1. The fourth-order valence-corrected chi connectivity index (χ4v) is 4.94. The molecular formula is C29H43F4NO3. The maximum absolute atomic E-state index is 14.3. The quantitative estimate of drug-likeness (QED) is 0.115. The first-order valence-corrected chi connectivity index (χ1v) is 14.1. The molecule has 8 heteroatoms. The lowest BCUT2D eigenvalue weighted by Gasteiger charge is -2.25. The molecule has 0 radical (unpaired) electrons. The maximum atomic E-state index is 14.3. The van der Waals surface area contributed by atoms with E-state index in [0.717, 1.165) is 36.3 Å². The zero-order valence-electron chi connectivity index (χ0n) is 22.2. The van der Waals surface area contributed by atoms with Gasteiger partial charge in [0.25, 0.3) is 5.91 Å². The van der Waals surface area contributed by atoms with Crippen molar-refractivity contribution < 1.29 is 31.9 Å². The Bertz CT molecular complexity index is 828. The number of nitrogens with zero attached hydrogens (tertiary/aromatic N) is 1. The van der Waals surface area contributed by atoms with Crippen molar-refractivity contribution in [3.8, 4) is 0 Å². The van der Waals surface area contributed by atoms with E-state index in [1.807, 2.05) is 0 Å². The number of carbonyl (C=O) groups excluding carboxylic acids is 2. The topological polar surface area (TPSA) is 46.6 Å². The molecule has 37 heavy (non-hydrogen) atoms. The zero-order valence-corrected chi connectivity index (χ0v) is 22.2. The molecule has 1 unspecified atom stereocenters. The number of unbranched alkanes of at least 4 members (excludes halogenated alkanes) is 13. The minimum Gasteiger partial charge on any atom is -0.464 e. The van der Waals surface area contributed by atoms with E-state index < -0.39 is 41.0 Å². The lowest BCUT2D eigenvalue weighted by molar-refractivity contribution is -0.148. The van der Waals surface area contributed by atoms with Gasteiger partial charge in [0, 0.05) is 6.54 Å². The van der Waals surface area contributed by atoms with E-state index in [-0.39, 0.29) is 13.2 Å². The summed E-state index contributed by atoms with van der Waals surface area (Å²) in [7, 11) is 0. The van der Waals surface area contributed by atoms with E-state index in [1.54, 1.807) is 0 Å². The SMILES string of the molecule is CCCCCCCCCCCCCCCCOC(=O)C1CCCN1C(=O)c1c(F)cccc1C(F)(F)F. The molecule has 1 saturated heterocycles. The van der Waals surface area contributed by atoms with Crippen LogP contribution in [0.15, 0.2) is 18.2 Å². The van der Waals surface area contributed by atoms with Crippen molar-refractivity contribution in [2.45, 2.75) is 122 Å². The fourth-order valence-electron chi connectivity index (χ4n) is 4.94. The molecule has 4 nitrogen and oxygen atoms in total. The van der Waals surface area contributed by atoms with E-state index in [2.05, 4.69) is 6.92 Å². The lowest BCUT2D eigenvalue weighted by atomic mass is 10.0. The molecule has 1 aromatic carbocycles. The first-order valence-electron chi connectivity index (χ1n) is 14.1. The summed E-state index contributed by atoms with van der Waals surface area (Å²) in [6.45, 7) is 2.53. The van der Waals surface area contributed by atoms with Crippen LogP contribution in [0.3, 0.4) is 0 Å².